The standard InChI is InChI=1S/C10H5Cl2NOS/c11-8-5-13-3-1-6(8)9(14)7-2-4-15-10(7)12/h1-5H. The second-order valence-electron chi connectivity index (χ2n) is 2.79. The summed E-state index contributed by atoms with van der Waals surface area (Å²) in [6.07, 6.45) is 2.97. The minimum atomic E-state index is -0.173. The molecule has 5 heteroatoms. The highest BCUT2D eigenvalue weighted by Gasteiger charge is 2.16. The van der Waals surface area contributed by atoms with Crippen molar-refractivity contribution in [1.82, 2.24) is 4.98 Å². The molecule has 0 amide bonds. The second-order valence-corrected chi connectivity index (χ2v) is 4.72. The van der Waals surface area contributed by atoms with Crippen LogP contribution in [0.4, 0.5) is 0 Å². The summed E-state index contributed by atoms with van der Waals surface area (Å²) in [5, 5.41) is 2.11. The lowest BCUT2D eigenvalue weighted by molar-refractivity contribution is 0.103. The Labute approximate surface area is 100 Å². The third-order valence-corrected chi connectivity index (χ3v) is 3.35. The number of halogens is 2. The average molecular weight is 258 g/mol. The predicted octanol–water partition coefficient (Wildman–Crippen LogP) is 3.68. The molecule has 2 heterocycles. The van der Waals surface area contributed by atoms with Crippen molar-refractivity contribution < 1.29 is 4.79 Å². The van der Waals surface area contributed by atoms with Crippen molar-refractivity contribution in [3.8, 4) is 0 Å². The van der Waals surface area contributed by atoms with Gasteiger partial charge in [0.05, 0.1) is 10.6 Å². The molecule has 2 aromatic rings. The summed E-state index contributed by atoms with van der Waals surface area (Å²) in [5.41, 5.74) is 0.904. The normalized spacial score (nSPS) is 10.3. The number of hydrogen-bond acceptors (Lipinski definition) is 3. The van der Waals surface area contributed by atoms with E-state index in [1.165, 1.54) is 23.7 Å². The molecule has 15 heavy (non-hydrogen) atoms. The van der Waals surface area contributed by atoms with E-state index in [9.17, 15) is 4.79 Å². The topological polar surface area (TPSA) is 30.0 Å². The molecule has 2 rings (SSSR count). The molecule has 0 saturated carbocycles. The van der Waals surface area contributed by atoms with E-state index in [2.05, 4.69) is 4.98 Å². The molecule has 76 valence electrons. The van der Waals surface area contributed by atoms with Crippen molar-refractivity contribution in [2.75, 3.05) is 0 Å². The third kappa shape index (κ3) is 2.04. The van der Waals surface area contributed by atoms with Crippen LogP contribution >= 0.6 is 34.5 Å². The minimum absolute atomic E-state index is 0.173. The van der Waals surface area contributed by atoms with Gasteiger partial charge in [-0.2, -0.15) is 0 Å². The molecule has 2 aromatic heterocycles. The number of aromatic nitrogens is 1. The third-order valence-electron chi connectivity index (χ3n) is 1.88. The van der Waals surface area contributed by atoms with Crippen molar-refractivity contribution in [1.29, 1.82) is 0 Å². The molecule has 0 N–H and O–H groups in total. The van der Waals surface area contributed by atoms with Gasteiger partial charge in [0.25, 0.3) is 0 Å². The summed E-state index contributed by atoms with van der Waals surface area (Å²) < 4.78 is 0.480. The highest BCUT2D eigenvalue weighted by molar-refractivity contribution is 7.14. The van der Waals surface area contributed by atoms with Gasteiger partial charge in [-0.05, 0) is 17.5 Å². The molecule has 0 fully saturated rings. The maximum absolute atomic E-state index is 12.0. The van der Waals surface area contributed by atoms with Gasteiger partial charge in [0.15, 0.2) is 5.78 Å². The number of nitrogens with zero attached hydrogens (tertiary/aromatic N) is 1. The van der Waals surface area contributed by atoms with E-state index < -0.39 is 0 Å². The molecule has 0 aromatic carbocycles. The van der Waals surface area contributed by atoms with Gasteiger partial charge in [-0.25, -0.2) is 0 Å². The minimum Gasteiger partial charge on any atom is -0.288 e. The van der Waals surface area contributed by atoms with Gasteiger partial charge < -0.3 is 0 Å². The highest BCUT2D eigenvalue weighted by Crippen LogP contribution is 2.27. The maximum Gasteiger partial charge on any atom is 0.196 e. The number of hydrogen-bond donors (Lipinski definition) is 0. The first-order valence-electron chi connectivity index (χ1n) is 4.07. The summed E-state index contributed by atoms with van der Waals surface area (Å²) in [6.45, 7) is 0. The van der Waals surface area contributed by atoms with E-state index >= 15 is 0 Å². The van der Waals surface area contributed by atoms with Crippen LogP contribution in [0.3, 0.4) is 0 Å². The Bertz CT molecular complexity index is 510. The Balaban J connectivity index is 2.46. The van der Waals surface area contributed by atoms with Crippen LogP contribution in [0, 0.1) is 0 Å². The molecule has 0 aliphatic heterocycles. The molecule has 0 spiro atoms. The van der Waals surface area contributed by atoms with Crippen LogP contribution in [0.25, 0.3) is 0 Å². The van der Waals surface area contributed by atoms with E-state index in [0.29, 0.717) is 20.5 Å². The van der Waals surface area contributed by atoms with Gasteiger partial charge in [-0.3, -0.25) is 9.78 Å². The monoisotopic (exact) mass is 257 g/mol. The number of carbonyl (C=O) groups excluding carboxylic acids is 1. The molecule has 0 aliphatic rings. The van der Waals surface area contributed by atoms with E-state index in [4.69, 9.17) is 23.2 Å². The van der Waals surface area contributed by atoms with E-state index in [1.54, 1.807) is 17.5 Å². The van der Waals surface area contributed by atoms with Crippen molar-refractivity contribution >= 4 is 40.3 Å². The van der Waals surface area contributed by atoms with E-state index in [-0.39, 0.29) is 5.78 Å². The molecule has 0 aliphatic carbocycles. The maximum atomic E-state index is 12.0. The lowest BCUT2D eigenvalue weighted by atomic mass is 10.1. The first kappa shape index (κ1) is 10.6. The van der Waals surface area contributed by atoms with Crippen LogP contribution in [-0.2, 0) is 0 Å². The van der Waals surface area contributed by atoms with Crippen LogP contribution in [0.1, 0.15) is 15.9 Å². The van der Waals surface area contributed by atoms with Crippen molar-refractivity contribution in [3.63, 3.8) is 0 Å². The smallest absolute Gasteiger partial charge is 0.196 e. The molecule has 0 saturated heterocycles. The van der Waals surface area contributed by atoms with Crippen molar-refractivity contribution in [3.05, 3.63) is 50.4 Å². The summed E-state index contributed by atoms with van der Waals surface area (Å²) in [6, 6.07) is 3.27. The predicted molar refractivity (Wildman–Crippen MR) is 62.0 cm³/mol. The van der Waals surface area contributed by atoms with Crippen LogP contribution < -0.4 is 0 Å². The molecule has 0 radical (unpaired) electrons. The van der Waals surface area contributed by atoms with E-state index in [1.807, 2.05) is 0 Å². The lowest BCUT2D eigenvalue weighted by Gasteiger charge is -2.00. The quantitative estimate of drug-likeness (QED) is 0.769. The number of pyridine rings is 1. The Morgan fingerprint density at radius 3 is 2.67 bits per heavy atom. The number of carbonyl (C=O) groups is 1. The fourth-order valence-corrected chi connectivity index (χ4v) is 2.28. The number of thiophene rings is 1. The van der Waals surface area contributed by atoms with Gasteiger partial charge in [-0.1, -0.05) is 23.2 Å². The number of rotatable bonds is 2. The van der Waals surface area contributed by atoms with E-state index in [0.717, 1.165) is 0 Å². The highest BCUT2D eigenvalue weighted by atomic mass is 35.5. The first-order chi connectivity index (χ1) is 7.20. The van der Waals surface area contributed by atoms with Crippen LogP contribution in [0.15, 0.2) is 29.9 Å². The Hall–Kier alpha value is -0.900. The van der Waals surface area contributed by atoms with Crippen molar-refractivity contribution in [2.24, 2.45) is 0 Å². The second kappa shape index (κ2) is 4.31. The zero-order valence-corrected chi connectivity index (χ0v) is 9.73. The number of ketones is 1. The lowest BCUT2D eigenvalue weighted by Crippen LogP contribution is -2.01. The summed E-state index contributed by atoms with van der Waals surface area (Å²) in [7, 11) is 0. The van der Waals surface area contributed by atoms with Gasteiger partial charge in [-0.15, -0.1) is 11.3 Å². The molecule has 0 bridgehead atoms. The van der Waals surface area contributed by atoms with Crippen LogP contribution in [0.5, 0.6) is 0 Å². The molecule has 0 unspecified atom stereocenters. The summed E-state index contributed by atoms with van der Waals surface area (Å²) >= 11 is 13.1. The molecular weight excluding hydrogens is 253 g/mol. The largest absolute Gasteiger partial charge is 0.288 e. The summed E-state index contributed by atoms with van der Waals surface area (Å²) in [4.78, 5) is 15.8. The Morgan fingerprint density at radius 2 is 2.07 bits per heavy atom. The van der Waals surface area contributed by atoms with Gasteiger partial charge in [0.2, 0.25) is 0 Å². The molecular formula is C10H5Cl2NOS. The van der Waals surface area contributed by atoms with Crippen LogP contribution in [-0.4, -0.2) is 10.8 Å². The zero-order valence-electron chi connectivity index (χ0n) is 7.41. The Morgan fingerprint density at radius 1 is 1.27 bits per heavy atom. The van der Waals surface area contributed by atoms with Crippen LogP contribution in [0.2, 0.25) is 9.36 Å². The summed E-state index contributed by atoms with van der Waals surface area (Å²) in [5.74, 6) is -0.173. The van der Waals surface area contributed by atoms with Gasteiger partial charge in [0, 0.05) is 18.0 Å². The molecule has 0 atom stereocenters. The van der Waals surface area contributed by atoms with Gasteiger partial charge >= 0.3 is 0 Å². The zero-order chi connectivity index (χ0) is 10.8. The SMILES string of the molecule is O=C(c1ccncc1Cl)c1ccsc1Cl. The first-order valence-corrected chi connectivity index (χ1v) is 5.71. The fourth-order valence-electron chi connectivity index (χ4n) is 1.16. The fraction of sp³-hybridized carbons (Fsp3) is 0. The Kier molecular flexibility index (Phi) is 3.05. The van der Waals surface area contributed by atoms with Crippen molar-refractivity contribution in [2.45, 2.75) is 0 Å². The van der Waals surface area contributed by atoms with Gasteiger partial charge in [0.1, 0.15) is 4.34 Å². The average Bonchev–Trinajstić information content (AvgIpc) is 2.64. The molecule has 2 nitrogen and oxygen atoms in total.